The molecule has 208 valence electrons. The quantitative estimate of drug-likeness (QED) is 0.323. The highest BCUT2D eigenvalue weighted by Gasteiger charge is 2.46. The first-order valence-corrected chi connectivity index (χ1v) is 14.0. The topological polar surface area (TPSA) is 112 Å². The van der Waals surface area contributed by atoms with Gasteiger partial charge in [0.15, 0.2) is 0 Å². The predicted octanol–water partition coefficient (Wildman–Crippen LogP) is 4.50. The number of nitrogens with zero attached hydrogens (tertiary/aromatic N) is 2. The van der Waals surface area contributed by atoms with Gasteiger partial charge < -0.3 is 25.5 Å². The van der Waals surface area contributed by atoms with Crippen LogP contribution in [0.15, 0.2) is 48.9 Å². The molecule has 39 heavy (non-hydrogen) atoms. The van der Waals surface area contributed by atoms with E-state index in [0.29, 0.717) is 18.8 Å². The summed E-state index contributed by atoms with van der Waals surface area (Å²) < 4.78 is 6.42. The maximum atomic E-state index is 12.1. The fourth-order valence-corrected chi connectivity index (χ4v) is 5.82. The highest BCUT2D eigenvalue weighted by molar-refractivity contribution is 5.73. The molecule has 1 aliphatic carbocycles. The standard InChI is InChI=1S/C31H41N5O3/c1-20(37)36-25(15-21-7-5-8-23(13-21)28-32-11-12-33-28)27(38)19-34-26-17-31(9-6-10-31)39-29-24(26)14-22(18-35-29)16-30(2,3)4/h5,7-8,11-14,18,25-27,34,38H,6,9-10,15-17,19H2,1-4H3,(H,32,33)(H,36,37)/t25-,26-,27+/m0/s1. The van der Waals surface area contributed by atoms with Crippen LogP contribution < -0.4 is 15.4 Å². The van der Waals surface area contributed by atoms with Gasteiger partial charge in [0.1, 0.15) is 11.4 Å². The number of aromatic nitrogens is 3. The average Bonchev–Trinajstić information content (AvgIpc) is 3.40. The van der Waals surface area contributed by atoms with E-state index in [1.807, 2.05) is 30.5 Å². The maximum absolute atomic E-state index is 12.1. The number of fused-ring (bicyclic) bond motifs is 1. The molecular formula is C31H41N5O3. The van der Waals surface area contributed by atoms with Crippen LogP contribution in [0.3, 0.4) is 0 Å². The molecule has 1 spiro atoms. The van der Waals surface area contributed by atoms with Crippen molar-refractivity contribution in [2.75, 3.05) is 6.54 Å². The fourth-order valence-electron chi connectivity index (χ4n) is 5.82. The van der Waals surface area contributed by atoms with Gasteiger partial charge in [-0.15, -0.1) is 0 Å². The van der Waals surface area contributed by atoms with Gasteiger partial charge in [0.05, 0.1) is 12.1 Å². The van der Waals surface area contributed by atoms with Crippen LogP contribution in [0.1, 0.15) is 76.1 Å². The minimum absolute atomic E-state index is 0.0244. The first kappa shape index (κ1) is 27.3. The molecule has 1 aromatic carbocycles. The molecule has 1 fully saturated rings. The second-order valence-corrected chi connectivity index (χ2v) is 12.5. The third-order valence-electron chi connectivity index (χ3n) is 7.78. The van der Waals surface area contributed by atoms with Crippen molar-refractivity contribution in [3.8, 4) is 17.3 Å². The van der Waals surface area contributed by atoms with Gasteiger partial charge in [0.25, 0.3) is 0 Å². The second-order valence-electron chi connectivity index (χ2n) is 12.5. The number of aliphatic hydroxyl groups is 1. The summed E-state index contributed by atoms with van der Waals surface area (Å²) in [5.41, 5.74) is 4.22. The number of nitrogens with one attached hydrogen (secondary N) is 3. The Morgan fingerprint density at radius 2 is 2.05 bits per heavy atom. The first-order valence-electron chi connectivity index (χ1n) is 14.0. The molecule has 8 heteroatoms. The number of amides is 1. The third-order valence-corrected chi connectivity index (χ3v) is 7.78. The number of imidazole rings is 1. The van der Waals surface area contributed by atoms with Gasteiger partial charge in [-0.05, 0) is 60.8 Å². The minimum Gasteiger partial charge on any atom is -0.471 e. The number of hydrogen-bond acceptors (Lipinski definition) is 6. The summed E-state index contributed by atoms with van der Waals surface area (Å²) in [5, 5.41) is 17.9. The van der Waals surface area contributed by atoms with E-state index < -0.39 is 12.1 Å². The Hall–Kier alpha value is -3.23. The van der Waals surface area contributed by atoms with E-state index in [1.165, 1.54) is 12.5 Å². The lowest BCUT2D eigenvalue weighted by Gasteiger charge is -2.47. The molecule has 1 aliphatic heterocycles. The first-order chi connectivity index (χ1) is 18.6. The molecule has 2 aromatic heterocycles. The Morgan fingerprint density at radius 3 is 2.72 bits per heavy atom. The van der Waals surface area contributed by atoms with E-state index in [1.54, 1.807) is 12.4 Å². The van der Waals surface area contributed by atoms with Gasteiger partial charge in [-0.2, -0.15) is 0 Å². The van der Waals surface area contributed by atoms with Crippen LogP contribution in [0.5, 0.6) is 5.88 Å². The molecule has 3 heterocycles. The highest BCUT2D eigenvalue weighted by Crippen LogP contribution is 2.48. The van der Waals surface area contributed by atoms with Gasteiger partial charge >= 0.3 is 0 Å². The zero-order valence-corrected chi connectivity index (χ0v) is 23.5. The van der Waals surface area contributed by atoms with Crippen LogP contribution in [0.4, 0.5) is 0 Å². The monoisotopic (exact) mass is 531 g/mol. The minimum atomic E-state index is -0.782. The van der Waals surface area contributed by atoms with Crippen LogP contribution in [0, 0.1) is 5.41 Å². The zero-order chi connectivity index (χ0) is 27.6. The maximum Gasteiger partial charge on any atom is 0.218 e. The largest absolute Gasteiger partial charge is 0.471 e. The SMILES string of the molecule is CC(=O)N[C@@H](Cc1cccc(-c2ncc[nH]2)c1)[C@H](O)CN[C@H]1CC2(CCC2)Oc2ncc(CC(C)(C)C)cc21. The lowest BCUT2D eigenvalue weighted by atomic mass is 9.73. The number of pyridine rings is 1. The molecule has 2 aliphatic rings. The van der Waals surface area contributed by atoms with E-state index in [-0.39, 0.29) is 23.0 Å². The van der Waals surface area contributed by atoms with Crippen molar-refractivity contribution in [1.29, 1.82) is 0 Å². The van der Waals surface area contributed by atoms with Crippen LogP contribution in [0.2, 0.25) is 0 Å². The summed E-state index contributed by atoms with van der Waals surface area (Å²) in [6.07, 6.45) is 10.2. The molecule has 4 N–H and O–H groups in total. The van der Waals surface area contributed by atoms with Crippen LogP contribution >= 0.6 is 0 Å². The van der Waals surface area contributed by atoms with E-state index >= 15 is 0 Å². The smallest absolute Gasteiger partial charge is 0.218 e. The van der Waals surface area contributed by atoms with E-state index in [9.17, 15) is 9.90 Å². The lowest BCUT2D eigenvalue weighted by molar-refractivity contribution is -0.120. The van der Waals surface area contributed by atoms with Crippen molar-refractivity contribution in [3.63, 3.8) is 0 Å². The number of aliphatic hydroxyl groups excluding tert-OH is 1. The van der Waals surface area contributed by atoms with E-state index in [4.69, 9.17) is 9.72 Å². The molecule has 3 aromatic rings. The van der Waals surface area contributed by atoms with Crippen LogP contribution in [-0.4, -0.2) is 50.3 Å². The number of rotatable bonds is 9. The summed E-state index contributed by atoms with van der Waals surface area (Å²) in [6.45, 7) is 8.51. The number of hydrogen-bond donors (Lipinski definition) is 4. The Labute approximate surface area is 231 Å². The van der Waals surface area contributed by atoms with Gasteiger partial charge in [-0.3, -0.25) is 4.79 Å². The van der Waals surface area contributed by atoms with Gasteiger partial charge in [-0.1, -0.05) is 39.0 Å². The van der Waals surface area contributed by atoms with E-state index in [2.05, 4.69) is 47.4 Å². The van der Waals surface area contributed by atoms with Crippen molar-refractivity contribution >= 4 is 5.91 Å². The molecule has 0 saturated heterocycles. The van der Waals surface area contributed by atoms with E-state index in [0.717, 1.165) is 54.6 Å². The van der Waals surface area contributed by atoms with Crippen molar-refractivity contribution in [3.05, 3.63) is 65.6 Å². The lowest BCUT2D eigenvalue weighted by Crippen LogP contribution is -2.52. The van der Waals surface area contributed by atoms with Crippen molar-refractivity contribution < 1.29 is 14.6 Å². The van der Waals surface area contributed by atoms with Crippen LogP contribution in [0.25, 0.3) is 11.4 Å². The van der Waals surface area contributed by atoms with Gasteiger partial charge in [-0.25, -0.2) is 9.97 Å². The Bertz CT molecular complexity index is 1280. The highest BCUT2D eigenvalue weighted by atomic mass is 16.5. The molecule has 1 saturated carbocycles. The Kier molecular flexibility index (Phi) is 7.78. The second kappa shape index (κ2) is 11.1. The number of benzene rings is 1. The molecule has 1 amide bonds. The number of H-pyrrole nitrogens is 1. The van der Waals surface area contributed by atoms with Gasteiger partial charge in [0, 0.05) is 55.6 Å². The predicted molar refractivity (Wildman–Crippen MR) is 151 cm³/mol. The number of aromatic amines is 1. The summed E-state index contributed by atoms with van der Waals surface area (Å²) in [5.74, 6) is 1.33. The third kappa shape index (κ3) is 6.68. The molecule has 3 atom stereocenters. The fraction of sp³-hybridized carbons (Fsp3) is 0.516. The molecule has 8 nitrogen and oxygen atoms in total. The summed E-state index contributed by atoms with van der Waals surface area (Å²) in [6, 6.07) is 9.83. The van der Waals surface area contributed by atoms with Crippen LogP contribution in [-0.2, 0) is 17.6 Å². The Morgan fingerprint density at radius 1 is 1.23 bits per heavy atom. The summed E-state index contributed by atoms with van der Waals surface area (Å²) in [7, 11) is 0. The molecule has 0 bridgehead atoms. The number of ether oxygens (including phenoxy) is 1. The number of carbonyl (C=O) groups is 1. The van der Waals surface area contributed by atoms with Crippen molar-refractivity contribution in [1.82, 2.24) is 25.6 Å². The molecule has 0 unspecified atom stereocenters. The molecular weight excluding hydrogens is 490 g/mol. The van der Waals surface area contributed by atoms with Crippen molar-refractivity contribution in [2.24, 2.45) is 5.41 Å². The number of carbonyl (C=O) groups excluding carboxylic acids is 1. The van der Waals surface area contributed by atoms with Crippen molar-refractivity contribution in [2.45, 2.75) is 90.0 Å². The average molecular weight is 532 g/mol. The zero-order valence-electron chi connectivity index (χ0n) is 23.5. The summed E-state index contributed by atoms with van der Waals surface area (Å²) >= 11 is 0. The summed E-state index contributed by atoms with van der Waals surface area (Å²) in [4.78, 5) is 24.3. The molecule has 5 rings (SSSR count). The normalized spacial score (nSPS) is 19.5. The molecule has 0 radical (unpaired) electrons. The Balaban J connectivity index is 1.31. The van der Waals surface area contributed by atoms with Gasteiger partial charge in [0.2, 0.25) is 11.8 Å².